The summed E-state index contributed by atoms with van der Waals surface area (Å²) in [6.45, 7) is 0. The third-order valence-electron chi connectivity index (χ3n) is 13.4. The molecule has 0 fully saturated rings. The smallest absolute Gasteiger partial charge is 0.136 e. The summed E-state index contributed by atoms with van der Waals surface area (Å²) in [4.78, 5) is 2.38. The van der Waals surface area contributed by atoms with Gasteiger partial charge in [-0.3, -0.25) is 0 Å². The van der Waals surface area contributed by atoms with Crippen LogP contribution in [0, 0.1) is 0 Å². The highest BCUT2D eigenvalue weighted by Gasteiger charge is 2.46. The van der Waals surface area contributed by atoms with Gasteiger partial charge in [0.2, 0.25) is 0 Å². The van der Waals surface area contributed by atoms with Crippen molar-refractivity contribution in [1.29, 1.82) is 0 Å². The number of para-hydroxylation sites is 2. The Hall–Kier alpha value is -8.40. The Morgan fingerprint density at radius 2 is 0.703 bits per heavy atom. The second kappa shape index (κ2) is 14.3. The van der Waals surface area contributed by atoms with Gasteiger partial charge in [-0.1, -0.05) is 164 Å². The van der Waals surface area contributed by atoms with E-state index in [1.54, 1.807) is 0 Å². The molecular formula is C61H39NO2. The average molecular weight is 818 g/mol. The van der Waals surface area contributed by atoms with Gasteiger partial charge in [-0.25, -0.2) is 0 Å². The monoisotopic (exact) mass is 817 g/mol. The molecule has 2 heterocycles. The van der Waals surface area contributed by atoms with Gasteiger partial charge in [0, 0.05) is 38.6 Å². The number of anilines is 3. The lowest BCUT2D eigenvalue weighted by atomic mass is 9.68. The first-order chi connectivity index (χ1) is 31.7. The molecule has 2 aromatic heterocycles. The first-order valence-electron chi connectivity index (χ1n) is 21.9. The maximum Gasteiger partial charge on any atom is 0.136 e. The van der Waals surface area contributed by atoms with E-state index in [0.717, 1.165) is 83.2 Å². The SMILES string of the molecule is c1ccc(C2(c3ccccc3)c3ccccc3-c3cc(N(c4ccc(-c5ccc6c(c5)oc5ccccc56)cc4)c4ccc(-c5ccc6c(c5)oc5ccccc56)cc4)ccc32)cc1. The Balaban J connectivity index is 0.950. The summed E-state index contributed by atoms with van der Waals surface area (Å²) >= 11 is 0. The molecule has 0 unspecified atom stereocenters. The first-order valence-corrected chi connectivity index (χ1v) is 21.9. The van der Waals surface area contributed by atoms with Gasteiger partial charge in [-0.05, 0) is 128 Å². The summed E-state index contributed by atoms with van der Waals surface area (Å²) in [5.74, 6) is 0. The van der Waals surface area contributed by atoms with Crippen molar-refractivity contribution < 1.29 is 8.83 Å². The van der Waals surface area contributed by atoms with E-state index in [1.165, 1.54) is 33.4 Å². The molecule has 0 amide bonds. The van der Waals surface area contributed by atoms with Gasteiger partial charge in [-0.2, -0.15) is 0 Å². The van der Waals surface area contributed by atoms with Crippen LogP contribution in [0.1, 0.15) is 22.3 Å². The van der Waals surface area contributed by atoms with Crippen LogP contribution in [-0.4, -0.2) is 0 Å². The van der Waals surface area contributed by atoms with Gasteiger partial charge in [0.15, 0.2) is 0 Å². The van der Waals surface area contributed by atoms with Crippen molar-refractivity contribution in [3.8, 4) is 33.4 Å². The Bertz CT molecular complexity index is 3520. The lowest BCUT2D eigenvalue weighted by Crippen LogP contribution is -2.28. The van der Waals surface area contributed by atoms with E-state index in [-0.39, 0.29) is 0 Å². The molecule has 12 aromatic rings. The molecule has 3 heteroatoms. The fourth-order valence-electron chi connectivity index (χ4n) is 10.4. The molecule has 64 heavy (non-hydrogen) atoms. The average Bonchev–Trinajstić information content (AvgIpc) is 4.03. The van der Waals surface area contributed by atoms with E-state index in [1.807, 2.05) is 24.3 Å². The van der Waals surface area contributed by atoms with Crippen LogP contribution >= 0.6 is 0 Å². The molecule has 3 nitrogen and oxygen atoms in total. The van der Waals surface area contributed by atoms with Crippen LogP contribution in [-0.2, 0) is 5.41 Å². The molecular weight excluding hydrogens is 779 g/mol. The summed E-state index contributed by atoms with van der Waals surface area (Å²) in [5, 5.41) is 4.53. The summed E-state index contributed by atoms with van der Waals surface area (Å²) in [5.41, 5.74) is 18.4. The van der Waals surface area contributed by atoms with Crippen LogP contribution in [0.3, 0.4) is 0 Å². The molecule has 0 aliphatic heterocycles. The molecule has 0 spiro atoms. The Morgan fingerprint density at radius 3 is 1.25 bits per heavy atom. The number of furan rings is 2. The predicted octanol–water partition coefficient (Wildman–Crippen LogP) is 16.7. The molecule has 10 aromatic carbocycles. The lowest BCUT2D eigenvalue weighted by molar-refractivity contribution is 0.668. The van der Waals surface area contributed by atoms with E-state index in [9.17, 15) is 0 Å². The van der Waals surface area contributed by atoms with Crippen molar-refractivity contribution in [3.05, 3.63) is 259 Å². The quantitative estimate of drug-likeness (QED) is 0.160. The van der Waals surface area contributed by atoms with Gasteiger partial charge >= 0.3 is 0 Å². The molecule has 0 saturated carbocycles. The number of benzene rings is 10. The molecule has 0 radical (unpaired) electrons. The van der Waals surface area contributed by atoms with E-state index < -0.39 is 5.41 Å². The van der Waals surface area contributed by atoms with Crippen LogP contribution in [0.15, 0.2) is 245 Å². The Kier molecular flexibility index (Phi) is 8.13. The number of fused-ring (bicyclic) bond motifs is 9. The van der Waals surface area contributed by atoms with Crippen LogP contribution in [0.25, 0.3) is 77.3 Å². The van der Waals surface area contributed by atoms with Gasteiger partial charge < -0.3 is 13.7 Å². The number of hydrogen-bond acceptors (Lipinski definition) is 3. The van der Waals surface area contributed by atoms with Crippen LogP contribution in [0.5, 0.6) is 0 Å². The molecule has 300 valence electrons. The zero-order valence-corrected chi connectivity index (χ0v) is 34.8. The van der Waals surface area contributed by atoms with Gasteiger partial charge in [0.1, 0.15) is 22.3 Å². The molecule has 0 atom stereocenters. The zero-order valence-electron chi connectivity index (χ0n) is 34.8. The van der Waals surface area contributed by atoms with Crippen molar-refractivity contribution >= 4 is 60.9 Å². The zero-order chi connectivity index (χ0) is 42.2. The minimum atomic E-state index is -0.469. The Morgan fingerprint density at radius 1 is 0.281 bits per heavy atom. The van der Waals surface area contributed by atoms with E-state index >= 15 is 0 Å². The van der Waals surface area contributed by atoms with Crippen LogP contribution in [0.4, 0.5) is 17.1 Å². The molecule has 1 aliphatic rings. The minimum Gasteiger partial charge on any atom is -0.456 e. The highest BCUT2D eigenvalue weighted by atomic mass is 16.3. The van der Waals surface area contributed by atoms with E-state index in [4.69, 9.17) is 8.83 Å². The predicted molar refractivity (Wildman–Crippen MR) is 264 cm³/mol. The summed E-state index contributed by atoms with van der Waals surface area (Å²) in [6, 6.07) is 85.4. The van der Waals surface area contributed by atoms with Crippen LogP contribution < -0.4 is 4.90 Å². The largest absolute Gasteiger partial charge is 0.456 e. The normalized spacial score (nSPS) is 12.8. The third-order valence-corrected chi connectivity index (χ3v) is 13.4. The Labute approximate surface area is 370 Å². The lowest BCUT2D eigenvalue weighted by Gasteiger charge is -2.34. The maximum atomic E-state index is 6.29. The highest BCUT2D eigenvalue weighted by molar-refractivity contribution is 6.07. The molecule has 1 aliphatic carbocycles. The molecule has 0 N–H and O–H groups in total. The summed E-state index contributed by atoms with van der Waals surface area (Å²) < 4.78 is 12.6. The first kappa shape index (κ1) is 36.3. The maximum absolute atomic E-state index is 6.29. The fraction of sp³-hybridized carbons (Fsp3) is 0.0164. The topological polar surface area (TPSA) is 29.5 Å². The molecule has 13 rings (SSSR count). The second-order valence-corrected chi connectivity index (χ2v) is 16.8. The van der Waals surface area contributed by atoms with Crippen molar-refractivity contribution in [1.82, 2.24) is 0 Å². The van der Waals surface area contributed by atoms with E-state index in [0.29, 0.717) is 0 Å². The second-order valence-electron chi connectivity index (χ2n) is 16.8. The number of nitrogens with zero attached hydrogens (tertiary/aromatic N) is 1. The van der Waals surface area contributed by atoms with E-state index in [2.05, 4.69) is 217 Å². The van der Waals surface area contributed by atoms with Crippen molar-refractivity contribution in [3.63, 3.8) is 0 Å². The number of rotatable bonds is 7. The van der Waals surface area contributed by atoms with Crippen molar-refractivity contribution in [2.75, 3.05) is 4.90 Å². The summed E-state index contributed by atoms with van der Waals surface area (Å²) in [7, 11) is 0. The fourth-order valence-corrected chi connectivity index (χ4v) is 10.4. The third kappa shape index (κ3) is 5.54. The van der Waals surface area contributed by atoms with Crippen molar-refractivity contribution in [2.24, 2.45) is 0 Å². The van der Waals surface area contributed by atoms with Crippen LogP contribution in [0.2, 0.25) is 0 Å². The standard InChI is InChI=1S/C61H39NO2/c1-3-13-44(14-4-1)61(45-15-5-2-6-16-45)55-20-10-7-17-49(55)54-39-48(33-36-56(54)61)62(46-29-23-40(24-30-46)42-27-34-52-50-18-8-11-21-57(50)63-59(52)37-42)47-31-25-41(26-32-47)43-28-35-53-51-19-9-12-22-58(51)64-60(53)38-43/h1-39H. The van der Waals surface area contributed by atoms with Gasteiger partial charge in [0.25, 0.3) is 0 Å². The number of hydrogen-bond donors (Lipinski definition) is 0. The van der Waals surface area contributed by atoms with Gasteiger partial charge in [-0.15, -0.1) is 0 Å². The molecule has 0 bridgehead atoms. The summed E-state index contributed by atoms with van der Waals surface area (Å²) in [6.07, 6.45) is 0. The molecule has 0 saturated heterocycles. The highest BCUT2D eigenvalue weighted by Crippen LogP contribution is 2.57. The van der Waals surface area contributed by atoms with Crippen molar-refractivity contribution in [2.45, 2.75) is 5.41 Å². The minimum absolute atomic E-state index is 0.469. The van der Waals surface area contributed by atoms with Gasteiger partial charge in [0.05, 0.1) is 5.41 Å².